The smallest absolute Gasteiger partial charge is 0.110 e. The van der Waals surface area contributed by atoms with Crippen molar-refractivity contribution >= 4 is 64.6 Å². The van der Waals surface area contributed by atoms with Crippen molar-refractivity contribution in [2.45, 2.75) is 12.2 Å². The summed E-state index contributed by atoms with van der Waals surface area (Å²) in [4.78, 5) is 0. The van der Waals surface area contributed by atoms with Crippen LogP contribution in [0, 0.1) is 0 Å². The average molecular weight is 416 g/mol. The van der Waals surface area contributed by atoms with Crippen LogP contribution in [-0.2, 0) is 4.74 Å². The molecule has 2 unspecified atom stereocenters. The van der Waals surface area contributed by atoms with Crippen molar-refractivity contribution in [3.8, 4) is 0 Å². The lowest BCUT2D eigenvalue weighted by Crippen LogP contribution is -2.05. The van der Waals surface area contributed by atoms with E-state index in [2.05, 4.69) is 84.9 Å². The van der Waals surface area contributed by atoms with Crippen LogP contribution in [-0.4, -0.2) is 0 Å². The van der Waals surface area contributed by atoms with Crippen LogP contribution >= 0.6 is 0 Å². The summed E-state index contributed by atoms with van der Waals surface area (Å²) in [5, 5.41) is 16.6. The topological polar surface area (TPSA) is 9.23 Å². The van der Waals surface area contributed by atoms with Gasteiger partial charge in [0.25, 0.3) is 0 Å². The molecule has 150 valence electrons. The van der Waals surface area contributed by atoms with Gasteiger partial charge in [0.1, 0.15) is 12.2 Å². The number of ether oxygens (including phenoxy) is 1. The molecule has 0 spiro atoms. The number of benzene rings is 7. The second-order valence-corrected chi connectivity index (χ2v) is 9.95. The Kier molecular flexibility index (Phi) is 2.32. The van der Waals surface area contributed by atoms with Crippen molar-refractivity contribution in [2.24, 2.45) is 0 Å². The Morgan fingerprint density at radius 2 is 0.848 bits per heavy atom. The first-order valence-electron chi connectivity index (χ1n) is 11.8. The van der Waals surface area contributed by atoms with Gasteiger partial charge in [-0.15, -0.1) is 0 Å². The predicted octanol–water partition coefficient (Wildman–Crippen LogP) is 8.44. The van der Waals surface area contributed by atoms with E-state index in [-0.39, 0.29) is 12.2 Å². The molecule has 2 aliphatic rings. The third-order valence-corrected chi connectivity index (χ3v) is 8.58. The normalized spacial score (nSPS) is 19.4. The van der Waals surface area contributed by atoms with Crippen molar-refractivity contribution in [3.63, 3.8) is 0 Å². The molecule has 0 amide bonds. The van der Waals surface area contributed by atoms with Gasteiger partial charge in [0.05, 0.1) is 0 Å². The third-order valence-electron chi connectivity index (χ3n) is 8.58. The fourth-order valence-electron chi connectivity index (χ4n) is 7.33. The van der Waals surface area contributed by atoms with Crippen molar-refractivity contribution in [2.75, 3.05) is 0 Å². The molecule has 0 aliphatic carbocycles. The summed E-state index contributed by atoms with van der Waals surface area (Å²) >= 11 is 0. The van der Waals surface area contributed by atoms with Crippen LogP contribution in [0.1, 0.15) is 34.5 Å². The molecule has 0 N–H and O–H groups in total. The number of hydrogen-bond acceptors (Lipinski definition) is 1. The highest BCUT2D eigenvalue weighted by Gasteiger charge is 2.45. The minimum absolute atomic E-state index is 0.0186. The van der Waals surface area contributed by atoms with Gasteiger partial charge in [0.2, 0.25) is 0 Å². The zero-order valence-corrected chi connectivity index (χ0v) is 17.6. The Morgan fingerprint density at radius 1 is 0.424 bits per heavy atom. The van der Waals surface area contributed by atoms with E-state index in [0.29, 0.717) is 0 Å². The highest BCUT2D eigenvalue weighted by atomic mass is 16.5. The lowest BCUT2D eigenvalue weighted by Gasteiger charge is -2.21. The molecule has 0 radical (unpaired) electrons. The van der Waals surface area contributed by atoms with Crippen molar-refractivity contribution in [3.05, 3.63) is 107 Å². The lowest BCUT2D eigenvalue weighted by molar-refractivity contribution is 0.0866. The van der Waals surface area contributed by atoms with Crippen molar-refractivity contribution in [1.82, 2.24) is 0 Å². The van der Waals surface area contributed by atoms with Gasteiger partial charge in [-0.05, 0) is 99.0 Å². The Hall–Kier alpha value is -3.94. The molecular weight excluding hydrogens is 400 g/mol. The van der Waals surface area contributed by atoms with Gasteiger partial charge < -0.3 is 4.74 Å². The molecule has 0 saturated heterocycles. The summed E-state index contributed by atoms with van der Waals surface area (Å²) in [7, 11) is 0. The minimum Gasteiger partial charge on any atom is -0.356 e. The van der Waals surface area contributed by atoms with Crippen LogP contribution in [0.5, 0.6) is 0 Å². The van der Waals surface area contributed by atoms with Gasteiger partial charge in [-0.1, -0.05) is 72.8 Å². The van der Waals surface area contributed by atoms with E-state index in [4.69, 9.17) is 4.74 Å². The Morgan fingerprint density at radius 3 is 1.33 bits per heavy atom. The van der Waals surface area contributed by atoms with E-state index in [1.807, 2.05) is 0 Å². The summed E-state index contributed by atoms with van der Waals surface area (Å²) in [5.74, 6) is 0. The van der Waals surface area contributed by atoms with E-state index in [9.17, 15) is 0 Å². The molecule has 1 heteroatoms. The fourth-order valence-corrected chi connectivity index (χ4v) is 7.33. The molecule has 33 heavy (non-hydrogen) atoms. The summed E-state index contributed by atoms with van der Waals surface area (Å²) in [6.45, 7) is 0. The second kappa shape index (κ2) is 4.85. The zero-order chi connectivity index (χ0) is 21.0. The van der Waals surface area contributed by atoms with Gasteiger partial charge in [-0.3, -0.25) is 0 Å². The Balaban J connectivity index is 1.46. The summed E-state index contributed by atoms with van der Waals surface area (Å²) in [5.41, 5.74) is 5.50. The Labute approximate surface area is 188 Å². The van der Waals surface area contributed by atoms with E-state index in [1.165, 1.54) is 86.9 Å². The van der Waals surface area contributed by atoms with Crippen molar-refractivity contribution in [1.29, 1.82) is 0 Å². The number of rotatable bonds is 0. The van der Waals surface area contributed by atoms with E-state index in [1.54, 1.807) is 0 Å². The molecule has 10 rings (SSSR count). The summed E-state index contributed by atoms with van der Waals surface area (Å²) in [6.07, 6.45) is 0.0372. The molecule has 0 aromatic heterocycles. The molecule has 2 atom stereocenters. The highest BCUT2D eigenvalue weighted by molar-refractivity contribution is 6.45. The van der Waals surface area contributed by atoms with Crippen LogP contribution in [0.4, 0.5) is 0 Å². The van der Waals surface area contributed by atoms with Crippen LogP contribution < -0.4 is 0 Å². The van der Waals surface area contributed by atoms with Gasteiger partial charge in [-0.2, -0.15) is 0 Å². The van der Waals surface area contributed by atoms with E-state index in [0.717, 1.165) is 0 Å². The predicted molar refractivity (Wildman–Crippen MR) is 136 cm³/mol. The molecule has 8 aromatic carbocycles. The minimum atomic E-state index is 0.0186. The molecule has 0 saturated carbocycles. The zero-order valence-electron chi connectivity index (χ0n) is 17.6. The molecular formula is C32H16O. The molecule has 2 bridgehead atoms. The maximum Gasteiger partial charge on any atom is 0.110 e. The molecule has 2 aliphatic heterocycles. The van der Waals surface area contributed by atoms with Crippen LogP contribution in [0.25, 0.3) is 64.6 Å². The molecule has 1 nitrogen and oxygen atoms in total. The van der Waals surface area contributed by atoms with E-state index >= 15 is 0 Å². The lowest BCUT2D eigenvalue weighted by atomic mass is 9.79. The fraction of sp³-hybridized carbons (Fsp3) is 0.0625. The molecule has 0 fully saturated rings. The Bertz CT molecular complexity index is 1970. The van der Waals surface area contributed by atoms with Gasteiger partial charge in [0.15, 0.2) is 0 Å². The molecule has 2 heterocycles. The monoisotopic (exact) mass is 416 g/mol. The standard InChI is InChI=1S/C32H16O/c1-2-4-19-14-23-22(13-18(19)3-1)31-29-20-11-9-16-7-5-15-6-8-17-10-12-21(30(29)32(23)33-31)28-26(17)24(15)25(16)27(20)28/h1-14,31-32H. The number of fused-ring (bicyclic) bond motifs is 11. The first-order chi connectivity index (χ1) is 16.4. The maximum absolute atomic E-state index is 6.78. The van der Waals surface area contributed by atoms with Crippen molar-refractivity contribution < 1.29 is 4.74 Å². The second-order valence-electron chi connectivity index (χ2n) is 9.95. The first-order valence-corrected chi connectivity index (χ1v) is 11.8. The van der Waals surface area contributed by atoms with E-state index < -0.39 is 0 Å². The summed E-state index contributed by atoms with van der Waals surface area (Å²) < 4.78 is 6.78. The molecule has 8 aromatic rings. The van der Waals surface area contributed by atoms with Gasteiger partial charge >= 0.3 is 0 Å². The number of hydrogen-bond donors (Lipinski definition) is 0. The van der Waals surface area contributed by atoms with Crippen LogP contribution in [0.15, 0.2) is 84.9 Å². The maximum atomic E-state index is 6.78. The van der Waals surface area contributed by atoms with Crippen LogP contribution in [0.2, 0.25) is 0 Å². The SMILES string of the molecule is c1ccc2cc3c(cc2c1)C1OC3c2c1c1ccc3ccc4ccc5ccc2c2c5c4c3c12. The highest BCUT2D eigenvalue weighted by Crippen LogP contribution is 2.61. The van der Waals surface area contributed by atoms with Crippen LogP contribution in [0.3, 0.4) is 0 Å². The largest absolute Gasteiger partial charge is 0.356 e. The van der Waals surface area contributed by atoms with Gasteiger partial charge in [0, 0.05) is 0 Å². The quantitative estimate of drug-likeness (QED) is 0.225. The average Bonchev–Trinajstić information content (AvgIpc) is 3.54. The first kappa shape index (κ1) is 15.8. The van der Waals surface area contributed by atoms with Gasteiger partial charge in [-0.25, -0.2) is 0 Å². The third kappa shape index (κ3) is 1.54. The summed E-state index contributed by atoms with van der Waals surface area (Å²) in [6, 6.07) is 31.9.